The maximum atomic E-state index is 12.0. The lowest BCUT2D eigenvalue weighted by Crippen LogP contribution is -2.49. The van der Waals surface area contributed by atoms with E-state index >= 15 is 0 Å². The lowest BCUT2D eigenvalue weighted by atomic mass is 10.0. The summed E-state index contributed by atoms with van der Waals surface area (Å²) < 4.78 is 36.0. The molecule has 0 aromatic rings. The van der Waals surface area contributed by atoms with E-state index in [2.05, 4.69) is 19.2 Å². The molecule has 0 radical (unpaired) electrons. The van der Waals surface area contributed by atoms with Gasteiger partial charge in [-0.2, -0.15) is 24.9 Å². The van der Waals surface area contributed by atoms with Crippen LogP contribution in [0.15, 0.2) is 0 Å². The minimum atomic E-state index is -4.37. The van der Waals surface area contributed by atoms with Crippen LogP contribution in [-0.4, -0.2) is 42.2 Å². The fraction of sp³-hybridized carbons (Fsp3) is 0.917. The summed E-state index contributed by atoms with van der Waals surface area (Å²) in [6.45, 7) is 5.02. The largest absolute Gasteiger partial charge is 0.405 e. The molecule has 1 atom stereocenters. The molecule has 1 amide bonds. The number of rotatable bonds is 8. The molecule has 19 heavy (non-hydrogen) atoms. The van der Waals surface area contributed by atoms with Gasteiger partial charge in [0.15, 0.2) is 0 Å². The molecule has 2 N–H and O–H groups in total. The first-order chi connectivity index (χ1) is 8.69. The fourth-order valence-corrected chi connectivity index (χ4v) is 2.44. The van der Waals surface area contributed by atoms with Gasteiger partial charge in [0.25, 0.3) is 0 Å². The van der Waals surface area contributed by atoms with Crippen LogP contribution in [0.2, 0.25) is 0 Å². The summed E-state index contributed by atoms with van der Waals surface area (Å²) in [5.74, 6) is -0.625. The van der Waals surface area contributed by atoms with Crippen molar-refractivity contribution in [3.05, 3.63) is 0 Å². The number of amides is 1. The topological polar surface area (TPSA) is 41.1 Å². The zero-order valence-electron chi connectivity index (χ0n) is 11.9. The highest BCUT2D eigenvalue weighted by atomic mass is 32.2. The molecule has 0 rings (SSSR count). The van der Waals surface area contributed by atoms with E-state index in [1.165, 1.54) is 0 Å². The van der Waals surface area contributed by atoms with E-state index in [-0.39, 0.29) is 4.75 Å². The summed E-state index contributed by atoms with van der Waals surface area (Å²) in [5, 5.41) is 4.89. The number of hydrogen-bond acceptors (Lipinski definition) is 3. The van der Waals surface area contributed by atoms with E-state index in [0.29, 0.717) is 6.54 Å². The van der Waals surface area contributed by atoms with Crippen LogP contribution >= 0.6 is 11.8 Å². The highest BCUT2D eigenvalue weighted by Crippen LogP contribution is 2.29. The van der Waals surface area contributed by atoms with Crippen LogP contribution in [0.5, 0.6) is 0 Å². The van der Waals surface area contributed by atoms with Gasteiger partial charge in [-0.3, -0.25) is 4.79 Å². The SMILES string of the molecule is CCC(CC)(CNC(C)C(=O)NCC(F)(F)F)SC. The second-order valence-corrected chi connectivity index (χ2v) is 5.80. The van der Waals surface area contributed by atoms with Gasteiger partial charge in [-0.25, -0.2) is 0 Å². The van der Waals surface area contributed by atoms with Crippen LogP contribution in [0.4, 0.5) is 13.2 Å². The summed E-state index contributed by atoms with van der Waals surface area (Å²) in [4.78, 5) is 11.5. The Morgan fingerprint density at radius 2 is 1.74 bits per heavy atom. The van der Waals surface area contributed by atoms with Crippen molar-refractivity contribution in [2.24, 2.45) is 0 Å². The molecule has 0 aromatic heterocycles. The van der Waals surface area contributed by atoms with Crippen LogP contribution in [0, 0.1) is 0 Å². The predicted molar refractivity (Wildman–Crippen MR) is 73.4 cm³/mol. The van der Waals surface area contributed by atoms with Crippen LogP contribution in [0.25, 0.3) is 0 Å². The van der Waals surface area contributed by atoms with Gasteiger partial charge in [-0.15, -0.1) is 0 Å². The van der Waals surface area contributed by atoms with Gasteiger partial charge >= 0.3 is 6.18 Å². The number of carbonyl (C=O) groups is 1. The third-order valence-corrected chi connectivity index (χ3v) is 4.90. The van der Waals surface area contributed by atoms with Crippen LogP contribution < -0.4 is 10.6 Å². The van der Waals surface area contributed by atoms with Gasteiger partial charge in [0.05, 0.1) is 6.04 Å². The second kappa shape index (κ2) is 7.99. The average molecular weight is 300 g/mol. The average Bonchev–Trinajstić information content (AvgIpc) is 2.37. The van der Waals surface area contributed by atoms with Gasteiger partial charge in [0, 0.05) is 11.3 Å². The molecular formula is C12H23F3N2OS. The smallest absolute Gasteiger partial charge is 0.346 e. The molecule has 0 saturated heterocycles. The quantitative estimate of drug-likeness (QED) is 0.724. The molecule has 0 aliphatic carbocycles. The summed E-state index contributed by atoms with van der Waals surface area (Å²) in [5.41, 5.74) is 0. The minimum absolute atomic E-state index is 0.0264. The van der Waals surface area contributed by atoms with Crippen molar-refractivity contribution >= 4 is 17.7 Å². The van der Waals surface area contributed by atoms with Gasteiger partial charge in [0.1, 0.15) is 6.54 Å². The lowest BCUT2D eigenvalue weighted by molar-refractivity contribution is -0.139. The molecule has 3 nitrogen and oxygen atoms in total. The van der Waals surface area contributed by atoms with Crippen molar-refractivity contribution < 1.29 is 18.0 Å². The van der Waals surface area contributed by atoms with Crippen LogP contribution in [-0.2, 0) is 4.79 Å². The molecule has 0 aliphatic rings. The van der Waals surface area contributed by atoms with E-state index in [1.807, 2.05) is 11.6 Å². The third-order valence-electron chi connectivity index (χ3n) is 3.31. The van der Waals surface area contributed by atoms with Crippen molar-refractivity contribution in [1.82, 2.24) is 10.6 Å². The number of nitrogens with one attached hydrogen (secondary N) is 2. The number of hydrogen-bond donors (Lipinski definition) is 2. The highest BCUT2D eigenvalue weighted by Gasteiger charge is 2.30. The minimum Gasteiger partial charge on any atom is -0.346 e. The summed E-state index contributed by atoms with van der Waals surface area (Å²) in [6.07, 6.45) is -0.489. The Labute approximate surface area is 117 Å². The molecule has 0 aromatic carbocycles. The molecule has 114 valence electrons. The maximum Gasteiger partial charge on any atom is 0.405 e. The van der Waals surface area contributed by atoms with Crippen LogP contribution in [0.3, 0.4) is 0 Å². The molecule has 0 heterocycles. The Balaban J connectivity index is 4.23. The molecular weight excluding hydrogens is 277 g/mol. The van der Waals surface area contributed by atoms with Crippen molar-refractivity contribution in [3.8, 4) is 0 Å². The molecule has 0 spiro atoms. The van der Waals surface area contributed by atoms with Crippen LogP contribution in [0.1, 0.15) is 33.6 Å². The molecule has 0 saturated carbocycles. The number of halogens is 3. The monoisotopic (exact) mass is 300 g/mol. The Bertz CT molecular complexity index is 272. The van der Waals surface area contributed by atoms with Crippen molar-refractivity contribution in [3.63, 3.8) is 0 Å². The molecule has 7 heteroatoms. The van der Waals surface area contributed by atoms with Gasteiger partial charge in [-0.05, 0) is 26.0 Å². The lowest BCUT2D eigenvalue weighted by Gasteiger charge is -2.31. The van der Waals surface area contributed by atoms with E-state index in [9.17, 15) is 18.0 Å². The van der Waals surface area contributed by atoms with Gasteiger partial charge in [0.2, 0.25) is 5.91 Å². The van der Waals surface area contributed by atoms with Crippen molar-refractivity contribution in [2.75, 3.05) is 19.3 Å². The zero-order chi connectivity index (χ0) is 15.1. The summed E-state index contributed by atoms with van der Waals surface area (Å²) in [6, 6.07) is -0.632. The molecule has 0 aliphatic heterocycles. The fourth-order valence-electron chi connectivity index (χ4n) is 1.63. The number of carbonyl (C=O) groups excluding carboxylic acids is 1. The van der Waals surface area contributed by atoms with E-state index in [1.54, 1.807) is 18.7 Å². The normalized spacial score (nSPS) is 14.3. The number of alkyl halides is 3. The molecule has 1 unspecified atom stereocenters. The standard InChI is InChI=1S/C12H23F3N2OS/c1-5-11(6-2,19-4)7-16-9(3)10(18)17-8-12(13,14)15/h9,16H,5-8H2,1-4H3,(H,17,18). The first kappa shape index (κ1) is 18.6. The Morgan fingerprint density at radius 1 is 1.21 bits per heavy atom. The second-order valence-electron chi connectivity index (χ2n) is 4.53. The maximum absolute atomic E-state index is 12.0. The van der Waals surface area contributed by atoms with Crippen molar-refractivity contribution in [1.29, 1.82) is 0 Å². The van der Waals surface area contributed by atoms with E-state index < -0.39 is 24.7 Å². The molecule has 0 fully saturated rings. The Morgan fingerprint density at radius 3 is 2.11 bits per heavy atom. The summed E-state index contributed by atoms with van der Waals surface area (Å²) in [7, 11) is 0. The Kier molecular flexibility index (Phi) is 7.81. The van der Waals surface area contributed by atoms with Gasteiger partial charge < -0.3 is 10.6 Å². The first-order valence-electron chi connectivity index (χ1n) is 6.32. The Hall–Kier alpha value is -0.430. The zero-order valence-corrected chi connectivity index (χ0v) is 12.7. The van der Waals surface area contributed by atoms with Gasteiger partial charge in [-0.1, -0.05) is 13.8 Å². The predicted octanol–water partition coefficient (Wildman–Crippen LogP) is 2.56. The van der Waals surface area contributed by atoms with E-state index in [4.69, 9.17) is 0 Å². The highest BCUT2D eigenvalue weighted by molar-refractivity contribution is 8.00. The van der Waals surface area contributed by atoms with Crippen molar-refractivity contribution in [2.45, 2.75) is 50.6 Å². The number of thioether (sulfide) groups is 1. The third kappa shape index (κ3) is 7.06. The van der Waals surface area contributed by atoms with E-state index in [0.717, 1.165) is 12.8 Å². The summed E-state index contributed by atoms with van der Waals surface area (Å²) >= 11 is 1.71. The molecule has 0 bridgehead atoms. The first-order valence-corrected chi connectivity index (χ1v) is 7.55.